The van der Waals surface area contributed by atoms with Gasteiger partial charge in [-0.3, -0.25) is 4.98 Å². The van der Waals surface area contributed by atoms with E-state index in [-0.39, 0.29) is 5.82 Å². The van der Waals surface area contributed by atoms with Gasteiger partial charge in [-0.1, -0.05) is 6.07 Å². The third kappa shape index (κ3) is 2.55. The van der Waals surface area contributed by atoms with E-state index in [1.165, 1.54) is 6.07 Å². The molecule has 0 aliphatic heterocycles. The zero-order chi connectivity index (χ0) is 15.7. The van der Waals surface area contributed by atoms with E-state index in [1.807, 2.05) is 36.7 Å². The van der Waals surface area contributed by atoms with Crippen molar-refractivity contribution in [3.05, 3.63) is 53.6 Å². The minimum absolute atomic E-state index is 0.259. The monoisotopic (exact) mass is 297 g/mol. The van der Waals surface area contributed by atoms with Crippen LogP contribution in [0.5, 0.6) is 0 Å². The Morgan fingerprint density at radius 3 is 2.86 bits per heavy atom. The van der Waals surface area contributed by atoms with Gasteiger partial charge in [-0.15, -0.1) is 0 Å². The molecule has 0 aliphatic carbocycles. The minimum Gasteiger partial charge on any atom is -0.312 e. The lowest BCUT2D eigenvalue weighted by Gasteiger charge is -2.03. The summed E-state index contributed by atoms with van der Waals surface area (Å²) < 4.78 is 15.5. The van der Waals surface area contributed by atoms with Crippen LogP contribution < -0.4 is 5.43 Å². The van der Waals surface area contributed by atoms with Crippen molar-refractivity contribution in [2.24, 2.45) is 12.1 Å². The number of nitrogens with one attached hydrogen (secondary N) is 1. The molecular weight excluding hydrogens is 281 g/mol. The predicted octanol–water partition coefficient (Wildman–Crippen LogP) is 3.25. The number of anilines is 1. The molecule has 3 rings (SSSR count). The van der Waals surface area contributed by atoms with Crippen LogP contribution in [0.25, 0.3) is 11.0 Å². The van der Waals surface area contributed by atoms with Crippen molar-refractivity contribution >= 4 is 22.7 Å². The Kier molecular flexibility index (Phi) is 3.58. The normalized spacial score (nSPS) is 11.9. The Hall–Kier alpha value is -2.76. The van der Waals surface area contributed by atoms with Crippen LogP contribution >= 0.6 is 0 Å². The number of hydrazone groups is 1. The molecule has 2 heterocycles. The lowest BCUT2D eigenvalue weighted by Crippen LogP contribution is -2.04. The van der Waals surface area contributed by atoms with Gasteiger partial charge in [0.2, 0.25) is 5.95 Å². The summed E-state index contributed by atoms with van der Waals surface area (Å²) in [5.41, 5.74) is 6.49. The molecule has 0 spiro atoms. The van der Waals surface area contributed by atoms with Crippen LogP contribution in [0.4, 0.5) is 10.3 Å². The van der Waals surface area contributed by atoms with Crippen LogP contribution in [0.3, 0.4) is 0 Å². The summed E-state index contributed by atoms with van der Waals surface area (Å²) in [5, 5.41) is 4.29. The first-order valence-corrected chi connectivity index (χ1v) is 6.90. The van der Waals surface area contributed by atoms with Crippen molar-refractivity contribution in [2.45, 2.75) is 13.8 Å². The zero-order valence-corrected chi connectivity index (χ0v) is 12.6. The second-order valence-electron chi connectivity index (χ2n) is 5.11. The molecule has 22 heavy (non-hydrogen) atoms. The van der Waals surface area contributed by atoms with Crippen LogP contribution in [0.2, 0.25) is 0 Å². The topological polar surface area (TPSA) is 55.1 Å². The van der Waals surface area contributed by atoms with Crippen molar-refractivity contribution < 1.29 is 4.39 Å². The van der Waals surface area contributed by atoms with Crippen LogP contribution in [0.15, 0.2) is 41.6 Å². The average Bonchev–Trinajstić information content (AvgIpc) is 2.82. The van der Waals surface area contributed by atoms with Gasteiger partial charge < -0.3 is 4.57 Å². The number of aromatic nitrogens is 3. The fraction of sp³-hybridized carbons (Fsp3) is 0.188. The summed E-state index contributed by atoms with van der Waals surface area (Å²) >= 11 is 0. The number of pyridine rings is 1. The number of fused-ring (bicyclic) bond motifs is 1. The summed E-state index contributed by atoms with van der Waals surface area (Å²) in [5.74, 6) is 0.292. The van der Waals surface area contributed by atoms with Crippen molar-refractivity contribution in [3.8, 4) is 0 Å². The maximum absolute atomic E-state index is 13.6. The highest BCUT2D eigenvalue weighted by Crippen LogP contribution is 2.21. The van der Waals surface area contributed by atoms with Gasteiger partial charge in [-0.2, -0.15) is 5.10 Å². The molecule has 1 aromatic carbocycles. The maximum Gasteiger partial charge on any atom is 0.224 e. The molecule has 6 heteroatoms. The van der Waals surface area contributed by atoms with E-state index in [1.54, 1.807) is 19.2 Å². The third-order valence-corrected chi connectivity index (χ3v) is 3.52. The van der Waals surface area contributed by atoms with Crippen LogP contribution in [-0.2, 0) is 7.05 Å². The highest BCUT2D eigenvalue weighted by Gasteiger charge is 2.10. The molecule has 0 bridgehead atoms. The van der Waals surface area contributed by atoms with Crippen LogP contribution in [-0.4, -0.2) is 20.2 Å². The molecule has 0 saturated heterocycles. The summed E-state index contributed by atoms with van der Waals surface area (Å²) in [6.07, 6.45) is 1.72. The molecule has 0 fully saturated rings. The molecule has 0 atom stereocenters. The molecule has 0 saturated carbocycles. The van der Waals surface area contributed by atoms with E-state index < -0.39 is 0 Å². The smallest absolute Gasteiger partial charge is 0.224 e. The van der Waals surface area contributed by atoms with Gasteiger partial charge in [-0.05, 0) is 37.6 Å². The standard InChI is InChI=1S/C16H16FN5/c1-10-8-15-14(9-12(10)17)19-16(22(15)3)21-20-11(2)13-6-4-5-7-18-13/h4-9H,1-3H3,(H,19,21)/b20-11+. The van der Waals surface area contributed by atoms with E-state index in [4.69, 9.17) is 0 Å². The van der Waals surface area contributed by atoms with Gasteiger partial charge in [0, 0.05) is 19.3 Å². The van der Waals surface area contributed by atoms with Gasteiger partial charge in [0.25, 0.3) is 0 Å². The van der Waals surface area contributed by atoms with Crippen molar-refractivity contribution in [2.75, 3.05) is 5.43 Å². The second kappa shape index (κ2) is 5.55. The van der Waals surface area contributed by atoms with Gasteiger partial charge in [0.15, 0.2) is 0 Å². The fourth-order valence-corrected chi connectivity index (χ4v) is 2.19. The number of hydrogen-bond acceptors (Lipinski definition) is 4. The van der Waals surface area contributed by atoms with Gasteiger partial charge in [0.05, 0.1) is 22.4 Å². The minimum atomic E-state index is -0.259. The molecule has 112 valence electrons. The molecule has 2 aromatic heterocycles. The van der Waals surface area contributed by atoms with E-state index in [9.17, 15) is 4.39 Å². The Morgan fingerprint density at radius 2 is 2.14 bits per heavy atom. The van der Waals surface area contributed by atoms with Crippen molar-refractivity contribution in [1.29, 1.82) is 0 Å². The Morgan fingerprint density at radius 1 is 1.32 bits per heavy atom. The average molecular weight is 297 g/mol. The lowest BCUT2D eigenvalue weighted by atomic mass is 10.2. The van der Waals surface area contributed by atoms with E-state index in [0.29, 0.717) is 17.0 Å². The number of halogens is 1. The predicted molar refractivity (Wildman–Crippen MR) is 85.5 cm³/mol. The van der Waals surface area contributed by atoms with Crippen molar-refractivity contribution in [1.82, 2.24) is 14.5 Å². The fourth-order valence-electron chi connectivity index (χ4n) is 2.19. The number of benzene rings is 1. The SMILES string of the molecule is C/C(=N\Nc1nc2cc(F)c(C)cc2n1C)c1ccccn1. The largest absolute Gasteiger partial charge is 0.312 e. The molecule has 0 amide bonds. The summed E-state index contributed by atoms with van der Waals surface area (Å²) in [6.45, 7) is 3.60. The summed E-state index contributed by atoms with van der Waals surface area (Å²) in [6, 6.07) is 8.85. The van der Waals surface area contributed by atoms with Gasteiger partial charge >= 0.3 is 0 Å². The number of aryl methyl sites for hydroxylation is 2. The molecule has 0 radical (unpaired) electrons. The third-order valence-electron chi connectivity index (χ3n) is 3.52. The summed E-state index contributed by atoms with van der Waals surface area (Å²) in [7, 11) is 1.86. The quantitative estimate of drug-likeness (QED) is 0.596. The Bertz CT molecular complexity index is 852. The number of nitrogens with zero attached hydrogens (tertiary/aromatic N) is 4. The first-order chi connectivity index (χ1) is 10.6. The summed E-state index contributed by atoms with van der Waals surface area (Å²) in [4.78, 5) is 8.60. The van der Waals surface area contributed by atoms with E-state index in [0.717, 1.165) is 16.9 Å². The van der Waals surface area contributed by atoms with E-state index >= 15 is 0 Å². The maximum atomic E-state index is 13.6. The molecular formula is C16H16FN5. The number of rotatable bonds is 3. The van der Waals surface area contributed by atoms with Gasteiger partial charge in [-0.25, -0.2) is 14.8 Å². The first-order valence-electron chi connectivity index (χ1n) is 6.90. The van der Waals surface area contributed by atoms with E-state index in [2.05, 4.69) is 20.5 Å². The highest BCUT2D eigenvalue weighted by molar-refractivity contribution is 5.97. The second-order valence-corrected chi connectivity index (χ2v) is 5.11. The molecule has 5 nitrogen and oxygen atoms in total. The molecule has 0 unspecified atom stereocenters. The molecule has 0 aliphatic rings. The van der Waals surface area contributed by atoms with Gasteiger partial charge in [0.1, 0.15) is 5.82 Å². The van der Waals surface area contributed by atoms with Crippen molar-refractivity contribution in [3.63, 3.8) is 0 Å². The number of hydrogen-bond donors (Lipinski definition) is 1. The first kappa shape index (κ1) is 14.2. The highest BCUT2D eigenvalue weighted by atomic mass is 19.1. The molecule has 3 aromatic rings. The van der Waals surface area contributed by atoms with Crippen LogP contribution in [0, 0.1) is 12.7 Å². The zero-order valence-electron chi connectivity index (χ0n) is 12.6. The Labute approximate surface area is 127 Å². The Balaban J connectivity index is 1.93. The number of imidazole rings is 1. The molecule has 1 N–H and O–H groups in total. The lowest BCUT2D eigenvalue weighted by molar-refractivity contribution is 0.620. The van der Waals surface area contributed by atoms with Crippen LogP contribution in [0.1, 0.15) is 18.2 Å².